The van der Waals surface area contributed by atoms with Crippen molar-refractivity contribution in [3.63, 3.8) is 0 Å². The molecule has 3 nitrogen and oxygen atoms in total. The van der Waals surface area contributed by atoms with Gasteiger partial charge in [0.15, 0.2) is 0 Å². The lowest BCUT2D eigenvalue weighted by molar-refractivity contribution is 1.02. The summed E-state index contributed by atoms with van der Waals surface area (Å²) in [5, 5.41) is 7.68. The molecule has 1 atom stereocenters. The Hall–Kier alpha value is -8.40. The van der Waals surface area contributed by atoms with Crippen LogP contribution in [0.4, 0.5) is 0 Å². The number of rotatable bonds is 5. The average molecular weight is 814 g/mol. The van der Waals surface area contributed by atoms with Crippen molar-refractivity contribution in [1.82, 2.24) is 13.7 Å². The van der Waals surface area contributed by atoms with Crippen molar-refractivity contribution >= 4 is 65.4 Å². The molecule has 3 heterocycles. The number of hydrogen-bond donors (Lipinski definition) is 0. The molecule has 0 aliphatic heterocycles. The van der Waals surface area contributed by atoms with Gasteiger partial charge in [-0.2, -0.15) is 0 Å². The van der Waals surface area contributed by atoms with Crippen molar-refractivity contribution in [3.05, 3.63) is 247 Å². The minimum atomic E-state index is 0.0880. The Labute approximate surface area is 369 Å². The highest BCUT2D eigenvalue weighted by molar-refractivity contribution is 6.29. The van der Waals surface area contributed by atoms with Crippen molar-refractivity contribution in [3.8, 4) is 39.3 Å². The van der Waals surface area contributed by atoms with Crippen molar-refractivity contribution in [2.24, 2.45) is 0 Å². The lowest BCUT2D eigenvalue weighted by atomic mass is 9.87. The third kappa shape index (κ3) is 4.86. The number of para-hydroxylation sites is 6. The third-order valence-corrected chi connectivity index (χ3v) is 13.9. The molecule has 0 saturated carbocycles. The van der Waals surface area contributed by atoms with Crippen LogP contribution in [0.2, 0.25) is 0 Å². The number of nitrogens with zero attached hydrogens (tertiary/aromatic N) is 3. The molecule has 1 aliphatic carbocycles. The van der Waals surface area contributed by atoms with Crippen molar-refractivity contribution in [2.75, 3.05) is 0 Å². The van der Waals surface area contributed by atoms with E-state index in [0.29, 0.717) is 0 Å². The topological polar surface area (TPSA) is 14.8 Å². The van der Waals surface area contributed by atoms with Crippen LogP contribution in [0.25, 0.3) is 105 Å². The molecule has 3 aromatic heterocycles. The Morgan fingerprint density at radius 3 is 1.44 bits per heavy atom. The summed E-state index contributed by atoms with van der Waals surface area (Å²) in [5.74, 6) is 0.0880. The number of aromatic nitrogens is 3. The molecule has 1 aliphatic rings. The second-order valence-corrected chi connectivity index (χ2v) is 17.2. The largest absolute Gasteiger partial charge is 0.309 e. The van der Waals surface area contributed by atoms with E-state index in [1.165, 1.54) is 116 Å². The molecule has 0 amide bonds. The quantitative estimate of drug-likeness (QED) is 0.164. The molecule has 10 aromatic carbocycles. The smallest absolute Gasteiger partial charge is 0.0549 e. The van der Waals surface area contributed by atoms with Crippen molar-refractivity contribution in [2.45, 2.75) is 5.92 Å². The molecule has 0 spiro atoms. The first kappa shape index (κ1) is 35.2. The standard InChI is InChI=1S/C61H39N3/c1-3-20-41(21-4-1)62-51-31-14-10-27-46(51)59-54(62)35-34-49-57(44-25-7-8-26-45(44)58(49)59)40-19-17-18-39(38-40)43-24-9-13-30-50(43)64-53-33-16-12-29-48(53)61-56(64)37-36-55-60(61)47-28-11-15-32-52(47)63(55)42-22-5-2-6-23-42/h1-38,57H. The van der Waals surface area contributed by atoms with Crippen LogP contribution < -0.4 is 0 Å². The minimum Gasteiger partial charge on any atom is -0.309 e. The summed E-state index contributed by atoms with van der Waals surface area (Å²) >= 11 is 0. The summed E-state index contributed by atoms with van der Waals surface area (Å²) in [5.41, 5.74) is 19.9. The van der Waals surface area contributed by atoms with Crippen LogP contribution in [0.3, 0.4) is 0 Å². The fraction of sp³-hybridized carbons (Fsp3) is 0.0164. The van der Waals surface area contributed by atoms with E-state index in [-0.39, 0.29) is 5.92 Å². The van der Waals surface area contributed by atoms with Crippen LogP contribution in [-0.4, -0.2) is 13.7 Å². The zero-order valence-electron chi connectivity index (χ0n) is 34.9. The Morgan fingerprint density at radius 2 is 0.781 bits per heavy atom. The molecule has 0 saturated heterocycles. The summed E-state index contributed by atoms with van der Waals surface area (Å²) in [6, 6.07) is 85.0. The van der Waals surface area contributed by atoms with E-state index in [0.717, 1.165) is 5.69 Å². The zero-order valence-corrected chi connectivity index (χ0v) is 34.9. The fourth-order valence-electron chi connectivity index (χ4n) is 11.4. The predicted molar refractivity (Wildman–Crippen MR) is 268 cm³/mol. The SMILES string of the molecule is c1ccc(-n2c3ccccc3c3c4c(ccc32)C(c2cccc(-c3ccccc3-n3c5ccccc5c5c6c7ccccc7n(-c7ccccc7)c6ccc53)c2)c2ccccc2-4)cc1. The van der Waals surface area contributed by atoms with Crippen molar-refractivity contribution in [1.29, 1.82) is 0 Å². The Bertz CT molecular complexity index is 4010. The molecule has 0 radical (unpaired) electrons. The van der Waals surface area contributed by atoms with Gasteiger partial charge in [0.25, 0.3) is 0 Å². The maximum Gasteiger partial charge on any atom is 0.0549 e. The van der Waals surface area contributed by atoms with Gasteiger partial charge in [-0.15, -0.1) is 0 Å². The van der Waals surface area contributed by atoms with Gasteiger partial charge in [-0.25, -0.2) is 0 Å². The molecule has 0 fully saturated rings. The first-order valence-corrected chi connectivity index (χ1v) is 22.2. The van der Waals surface area contributed by atoms with Gasteiger partial charge in [-0.1, -0.05) is 164 Å². The van der Waals surface area contributed by atoms with Gasteiger partial charge in [-0.3, -0.25) is 0 Å². The van der Waals surface area contributed by atoms with Crippen LogP contribution in [0, 0.1) is 0 Å². The summed E-state index contributed by atoms with van der Waals surface area (Å²) in [7, 11) is 0. The molecular formula is C61H39N3. The maximum atomic E-state index is 2.50. The fourth-order valence-corrected chi connectivity index (χ4v) is 11.4. The average Bonchev–Trinajstić information content (AvgIpc) is 4.09. The molecule has 64 heavy (non-hydrogen) atoms. The monoisotopic (exact) mass is 813 g/mol. The van der Waals surface area contributed by atoms with E-state index in [1.807, 2.05) is 0 Å². The molecule has 13 aromatic rings. The molecule has 1 unspecified atom stereocenters. The maximum absolute atomic E-state index is 2.50. The van der Waals surface area contributed by atoms with E-state index in [1.54, 1.807) is 0 Å². The Balaban J connectivity index is 0.973. The number of hydrogen-bond acceptors (Lipinski definition) is 0. The summed E-state index contributed by atoms with van der Waals surface area (Å²) < 4.78 is 7.35. The van der Waals surface area contributed by atoms with Crippen LogP contribution in [0.15, 0.2) is 231 Å². The Morgan fingerprint density at radius 1 is 0.297 bits per heavy atom. The molecule has 14 rings (SSSR count). The molecular weight excluding hydrogens is 775 g/mol. The van der Waals surface area contributed by atoms with Crippen LogP contribution >= 0.6 is 0 Å². The second kappa shape index (κ2) is 13.5. The highest BCUT2D eigenvalue weighted by Crippen LogP contribution is 2.53. The lowest BCUT2D eigenvalue weighted by Gasteiger charge is -2.18. The highest BCUT2D eigenvalue weighted by atomic mass is 15.0. The van der Waals surface area contributed by atoms with E-state index >= 15 is 0 Å². The third-order valence-electron chi connectivity index (χ3n) is 13.9. The number of fused-ring (bicyclic) bond motifs is 14. The van der Waals surface area contributed by atoms with Crippen LogP contribution in [-0.2, 0) is 0 Å². The van der Waals surface area contributed by atoms with Gasteiger partial charge >= 0.3 is 0 Å². The van der Waals surface area contributed by atoms with Gasteiger partial charge < -0.3 is 13.7 Å². The van der Waals surface area contributed by atoms with Gasteiger partial charge in [-0.05, 0) is 100 Å². The number of benzene rings is 10. The normalized spacial score (nSPS) is 13.5. The molecule has 3 heteroatoms. The van der Waals surface area contributed by atoms with Gasteiger partial charge in [0, 0.05) is 55.2 Å². The van der Waals surface area contributed by atoms with Gasteiger partial charge in [0.05, 0.1) is 38.8 Å². The van der Waals surface area contributed by atoms with Gasteiger partial charge in [0.2, 0.25) is 0 Å². The van der Waals surface area contributed by atoms with Crippen LogP contribution in [0.5, 0.6) is 0 Å². The summed E-state index contributed by atoms with van der Waals surface area (Å²) in [4.78, 5) is 0. The predicted octanol–water partition coefficient (Wildman–Crippen LogP) is 15.8. The molecule has 0 N–H and O–H groups in total. The van der Waals surface area contributed by atoms with E-state index in [2.05, 4.69) is 244 Å². The first-order valence-electron chi connectivity index (χ1n) is 22.2. The molecule has 0 bridgehead atoms. The van der Waals surface area contributed by atoms with E-state index in [4.69, 9.17) is 0 Å². The molecule has 298 valence electrons. The van der Waals surface area contributed by atoms with E-state index in [9.17, 15) is 0 Å². The Kier molecular flexibility index (Phi) is 7.46. The van der Waals surface area contributed by atoms with Gasteiger partial charge in [0.1, 0.15) is 0 Å². The summed E-state index contributed by atoms with van der Waals surface area (Å²) in [6.07, 6.45) is 0. The van der Waals surface area contributed by atoms with Crippen LogP contribution in [0.1, 0.15) is 22.6 Å². The highest BCUT2D eigenvalue weighted by Gasteiger charge is 2.33. The lowest BCUT2D eigenvalue weighted by Crippen LogP contribution is -2.01. The zero-order chi connectivity index (χ0) is 41.9. The minimum absolute atomic E-state index is 0.0880. The first-order chi connectivity index (χ1) is 31.8. The van der Waals surface area contributed by atoms with E-state index < -0.39 is 0 Å². The van der Waals surface area contributed by atoms with Crippen molar-refractivity contribution < 1.29 is 0 Å². The second-order valence-electron chi connectivity index (χ2n) is 17.2. The summed E-state index contributed by atoms with van der Waals surface area (Å²) in [6.45, 7) is 0.